The third-order valence-electron chi connectivity index (χ3n) is 7.33. The lowest BCUT2D eigenvalue weighted by Crippen LogP contribution is -2.26. The molecule has 38 heavy (non-hydrogen) atoms. The Hall–Kier alpha value is -5.36. The molecule has 4 aromatic rings. The molecule has 0 spiro atoms. The molecule has 4 aromatic carbocycles. The van der Waals surface area contributed by atoms with Crippen LogP contribution in [0, 0.1) is 0 Å². The monoisotopic (exact) mass is 490 g/mol. The molecule has 2 N–H and O–H groups in total. The number of carbonyl (C=O) groups is 2. The van der Waals surface area contributed by atoms with Crippen molar-refractivity contribution in [3.63, 3.8) is 0 Å². The van der Waals surface area contributed by atoms with Gasteiger partial charge in [0, 0.05) is 44.1 Å². The van der Waals surface area contributed by atoms with Gasteiger partial charge >= 0.3 is 0 Å². The van der Waals surface area contributed by atoms with Crippen LogP contribution in [0.3, 0.4) is 0 Å². The zero-order valence-corrected chi connectivity index (χ0v) is 19.9. The molecule has 0 saturated heterocycles. The minimum absolute atomic E-state index is 0.106. The number of carbonyl (C=O) groups excluding carboxylic acids is 2. The number of hydrogen-bond acceptors (Lipinski definition) is 6. The predicted molar refractivity (Wildman–Crippen MR) is 144 cm³/mol. The summed E-state index contributed by atoms with van der Waals surface area (Å²) in [5.74, 6) is -0.213. The van der Waals surface area contributed by atoms with E-state index in [1.165, 1.54) is 0 Å². The number of anilines is 2. The summed E-state index contributed by atoms with van der Waals surface area (Å²) in [4.78, 5) is 37.1. The predicted octanol–water partition coefficient (Wildman–Crippen LogP) is 2.99. The van der Waals surface area contributed by atoms with Crippen LogP contribution in [0.4, 0.5) is 11.4 Å². The van der Waals surface area contributed by atoms with E-state index in [0.717, 1.165) is 43.7 Å². The maximum Gasteiger partial charge on any atom is 0.213 e. The number of ketones is 2. The summed E-state index contributed by atoms with van der Waals surface area (Å²) in [5.41, 5.74) is 6.26. The lowest BCUT2D eigenvalue weighted by Gasteiger charge is -2.13. The molecular weight excluding hydrogens is 472 g/mol. The Kier molecular flexibility index (Phi) is 4.14. The Labute approximate surface area is 216 Å². The smallest absolute Gasteiger partial charge is 0.213 e. The van der Waals surface area contributed by atoms with Gasteiger partial charge in [0.05, 0.1) is 22.1 Å². The number of hydrogen-bond donors (Lipinski definition) is 2. The van der Waals surface area contributed by atoms with E-state index in [4.69, 9.17) is 9.98 Å². The maximum absolute atomic E-state index is 13.6. The van der Waals surface area contributed by atoms with Crippen molar-refractivity contribution in [1.29, 1.82) is 0 Å². The van der Waals surface area contributed by atoms with Crippen molar-refractivity contribution in [2.24, 2.45) is 9.98 Å². The van der Waals surface area contributed by atoms with Crippen LogP contribution in [0.5, 0.6) is 0 Å². The summed E-state index contributed by atoms with van der Waals surface area (Å²) in [6.45, 7) is 0. The summed E-state index contributed by atoms with van der Waals surface area (Å²) in [5, 5.41) is 9.96. The zero-order chi connectivity index (χ0) is 25.4. The second-order valence-corrected chi connectivity index (χ2v) is 9.45. The van der Waals surface area contributed by atoms with Gasteiger partial charge in [-0.05, 0) is 36.4 Å². The van der Waals surface area contributed by atoms with E-state index in [1.807, 2.05) is 97.1 Å². The van der Waals surface area contributed by atoms with E-state index < -0.39 is 0 Å². The molecule has 0 unspecified atom stereocenters. The number of allylic oxidation sites excluding steroid dienone is 4. The van der Waals surface area contributed by atoms with Crippen LogP contribution in [0.15, 0.2) is 130 Å². The van der Waals surface area contributed by atoms with E-state index in [9.17, 15) is 9.59 Å². The lowest BCUT2D eigenvalue weighted by molar-refractivity contribution is 0.103. The largest absolute Gasteiger partial charge is 0.350 e. The summed E-state index contributed by atoms with van der Waals surface area (Å²) in [6, 6.07) is 30.6. The van der Waals surface area contributed by atoms with E-state index in [0.29, 0.717) is 33.9 Å². The number of Topliss-reactive ketones (excluding diaryl/α,β-unsaturated/α-hetero) is 2. The van der Waals surface area contributed by atoms with Crippen molar-refractivity contribution in [2.45, 2.75) is 0 Å². The third kappa shape index (κ3) is 2.77. The molecular formula is C32H18N4O2. The van der Waals surface area contributed by atoms with Gasteiger partial charge in [0.2, 0.25) is 11.6 Å². The van der Waals surface area contributed by atoms with Gasteiger partial charge in [-0.3, -0.25) is 9.59 Å². The maximum atomic E-state index is 13.6. The highest BCUT2D eigenvalue weighted by Crippen LogP contribution is 2.40. The van der Waals surface area contributed by atoms with E-state index in [-0.39, 0.29) is 11.6 Å². The standard InChI is InChI=1S/C32H18N4O2/c37-31-19-11-3-7-15-23(19)35-29(31)27-25(17-9-1-5-13-21(17)33-27)26-18-10-2-6-14-22(18)34-28(26)30-32(38)20-12-4-8-16-24(20)36-30/h1-16,35-36H. The third-order valence-corrected chi connectivity index (χ3v) is 7.33. The first-order valence-electron chi connectivity index (χ1n) is 12.4. The van der Waals surface area contributed by atoms with Crippen molar-refractivity contribution in [2.75, 3.05) is 10.6 Å². The topological polar surface area (TPSA) is 82.9 Å². The van der Waals surface area contributed by atoms with Gasteiger partial charge in [0.15, 0.2) is 0 Å². The molecule has 0 bridgehead atoms. The van der Waals surface area contributed by atoms with E-state index >= 15 is 0 Å². The van der Waals surface area contributed by atoms with Crippen LogP contribution in [0.1, 0.15) is 20.7 Å². The normalized spacial score (nSPS) is 20.3. The van der Waals surface area contributed by atoms with Crippen molar-refractivity contribution in [3.8, 4) is 0 Å². The van der Waals surface area contributed by atoms with Crippen molar-refractivity contribution >= 4 is 34.1 Å². The average Bonchev–Trinajstić information content (AvgIpc) is 3.69. The first-order valence-corrected chi connectivity index (χ1v) is 12.4. The Bertz CT molecular complexity index is 1970. The summed E-state index contributed by atoms with van der Waals surface area (Å²) in [6.07, 6.45) is 0. The van der Waals surface area contributed by atoms with Crippen LogP contribution in [0.2, 0.25) is 0 Å². The van der Waals surface area contributed by atoms with E-state index in [1.54, 1.807) is 0 Å². The molecule has 4 aliphatic rings. The average molecular weight is 491 g/mol. The zero-order valence-electron chi connectivity index (χ0n) is 19.9. The van der Waals surface area contributed by atoms with Gasteiger partial charge in [-0.2, -0.15) is 0 Å². The van der Waals surface area contributed by atoms with Crippen LogP contribution in [0.25, 0.3) is 11.1 Å². The second-order valence-electron chi connectivity index (χ2n) is 9.45. The summed E-state index contributed by atoms with van der Waals surface area (Å²) >= 11 is 0. The molecule has 6 nitrogen and oxygen atoms in total. The summed E-state index contributed by atoms with van der Waals surface area (Å²) in [7, 11) is 0. The number of benzene rings is 4. The number of nitrogens with zero attached hydrogens (tertiary/aromatic N) is 2. The molecule has 0 fully saturated rings. The van der Waals surface area contributed by atoms with Crippen LogP contribution < -0.4 is 31.8 Å². The highest BCUT2D eigenvalue weighted by molar-refractivity contribution is 6.24. The van der Waals surface area contributed by atoms with E-state index in [2.05, 4.69) is 10.6 Å². The van der Waals surface area contributed by atoms with Gasteiger partial charge in [-0.15, -0.1) is 0 Å². The molecule has 6 heteroatoms. The number of rotatable bonds is 1. The van der Waals surface area contributed by atoms with Crippen LogP contribution in [-0.2, 0) is 0 Å². The molecule has 0 atom stereocenters. The van der Waals surface area contributed by atoms with Crippen molar-refractivity contribution < 1.29 is 9.59 Å². The Morgan fingerprint density at radius 2 is 0.868 bits per heavy atom. The fourth-order valence-electron chi connectivity index (χ4n) is 5.61. The Morgan fingerprint density at radius 1 is 0.474 bits per heavy atom. The van der Waals surface area contributed by atoms with Gasteiger partial charge in [0.1, 0.15) is 11.4 Å². The van der Waals surface area contributed by atoms with Crippen LogP contribution >= 0.6 is 0 Å². The second kappa shape index (κ2) is 7.57. The molecule has 4 aliphatic heterocycles. The van der Waals surface area contributed by atoms with Crippen molar-refractivity contribution in [1.82, 2.24) is 0 Å². The fraction of sp³-hybridized carbons (Fsp3) is 0. The number of para-hydroxylation sites is 4. The molecule has 8 rings (SSSR count). The van der Waals surface area contributed by atoms with Gasteiger partial charge in [-0.25, -0.2) is 9.98 Å². The minimum Gasteiger partial charge on any atom is -0.350 e. The van der Waals surface area contributed by atoms with Crippen molar-refractivity contribution in [3.05, 3.63) is 152 Å². The molecule has 178 valence electrons. The lowest BCUT2D eigenvalue weighted by atomic mass is 9.94. The molecule has 0 amide bonds. The Morgan fingerprint density at radius 3 is 1.32 bits per heavy atom. The van der Waals surface area contributed by atoms with Gasteiger partial charge in [-0.1, -0.05) is 60.7 Å². The van der Waals surface area contributed by atoms with Gasteiger partial charge < -0.3 is 10.6 Å². The highest BCUT2D eigenvalue weighted by atomic mass is 16.1. The first kappa shape index (κ1) is 20.8. The van der Waals surface area contributed by atoms with Crippen LogP contribution in [-0.4, -0.2) is 11.6 Å². The first-order chi connectivity index (χ1) is 18.7. The SMILES string of the molecule is O=C1C(=C2N=c3ccccc3=C2C2=c3ccccc3=NC2=C2Nc3ccccc3C2=O)Nc2ccccc21. The number of nitrogens with one attached hydrogen (secondary N) is 2. The fourth-order valence-corrected chi connectivity index (χ4v) is 5.61. The molecule has 0 aliphatic carbocycles. The molecule has 0 saturated carbocycles. The quantitative estimate of drug-likeness (QED) is 0.402. The number of fused-ring (bicyclic) bond motifs is 4. The highest BCUT2D eigenvalue weighted by Gasteiger charge is 2.36. The van der Waals surface area contributed by atoms with Gasteiger partial charge in [0.25, 0.3) is 0 Å². The Balaban J connectivity index is 1.46. The molecule has 0 aromatic heterocycles. The molecule has 4 heterocycles. The molecule has 0 radical (unpaired) electrons. The summed E-state index contributed by atoms with van der Waals surface area (Å²) < 4.78 is 0. The minimum atomic E-state index is -0.106.